The molecule has 0 unspecified atom stereocenters. The molecule has 5 aromatic rings. The fourth-order valence-electron chi connectivity index (χ4n) is 6.99. The Morgan fingerprint density at radius 1 is 0.885 bits per heavy atom. The van der Waals surface area contributed by atoms with Crippen molar-refractivity contribution in [2.75, 3.05) is 77.0 Å². The molecule has 16 heteroatoms. The van der Waals surface area contributed by atoms with E-state index in [1.165, 1.54) is 11.1 Å². The van der Waals surface area contributed by atoms with Crippen LogP contribution < -0.4 is 14.9 Å². The van der Waals surface area contributed by atoms with E-state index in [-0.39, 0.29) is 33.5 Å². The molecule has 0 radical (unpaired) electrons. The van der Waals surface area contributed by atoms with Gasteiger partial charge in [0.25, 0.3) is 20.9 Å². The SMILES string of the molecule is COC(=O)c1cc(S(=O)(=O)NC(=O)c2ccc(N3CCN(Cc4ccccc4-c4ccc(Cl)cc4)CC3)cc2)cc([N+](=O)OC)c1N[C@H](CCN(C)C)CSc1ccccc1. The predicted octanol–water partition coefficient (Wildman–Crippen LogP) is 7.73. The van der Waals surface area contributed by atoms with Crippen LogP contribution in [0.2, 0.25) is 5.02 Å². The molecule has 0 aromatic heterocycles. The van der Waals surface area contributed by atoms with Gasteiger partial charge in [0, 0.05) is 71.8 Å². The van der Waals surface area contributed by atoms with E-state index in [4.69, 9.17) is 21.2 Å². The van der Waals surface area contributed by atoms with Gasteiger partial charge >= 0.3 is 11.7 Å². The zero-order chi connectivity index (χ0) is 43.5. The van der Waals surface area contributed by atoms with Crippen LogP contribution in [0.5, 0.6) is 0 Å². The molecule has 61 heavy (non-hydrogen) atoms. The van der Waals surface area contributed by atoms with Crippen molar-refractivity contribution in [3.8, 4) is 11.1 Å². The molecule has 320 valence electrons. The molecule has 0 saturated carbocycles. The number of anilines is 2. The number of nitrogens with zero attached hydrogens (tertiary/aromatic N) is 4. The molecule has 1 heterocycles. The number of nitrogens with one attached hydrogen (secondary N) is 2. The standard InChI is InChI=1S/C45H49ClN6O7S2/c1-49(2)23-22-36(31-60-38-11-6-5-7-12-38)47-43-41(45(54)58-3)28-39(29-42(43)52(55)59-4)61(56,57)48-44(53)33-16-20-37(21-17-33)51-26-24-50(25-27-51)30-34-10-8-9-13-40(34)32-14-18-35(46)19-15-32/h5-21,28-29,36H,22-27,30-31H2,1-4H3,(H-,47,48,53,54,55)/p+1/t36-/m1/s1. The first-order chi connectivity index (χ1) is 29.3. The molecule has 1 aliphatic heterocycles. The van der Waals surface area contributed by atoms with Crippen LogP contribution in [0.25, 0.3) is 11.1 Å². The fourth-order valence-corrected chi connectivity index (χ4v) is 9.13. The first kappa shape index (κ1) is 45.1. The summed E-state index contributed by atoms with van der Waals surface area (Å²) in [4.78, 5) is 52.1. The molecule has 0 bridgehead atoms. The van der Waals surface area contributed by atoms with E-state index in [2.05, 4.69) is 38.0 Å². The molecule has 13 nitrogen and oxygen atoms in total. The second kappa shape index (κ2) is 20.9. The van der Waals surface area contributed by atoms with Crippen molar-refractivity contribution in [3.63, 3.8) is 0 Å². The highest BCUT2D eigenvalue weighted by molar-refractivity contribution is 7.99. The number of benzene rings is 5. The van der Waals surface area contributed by atoms with Gasteiger partial charge in [-0.2, -0.15) is 0 Å². The van der Waals surface area contributed by atoms with Crippen LogP contribution >= 0.6 is 23.4 Å². The van der Waals surface area contributed by atoms with Crippen molar-refractivity contribution >= 4 is 62.3 Å². The number of rotatable bonds is 18. The first-order valence-corrected chi connectivity index (χ1v) is 22.5. The van der Waals surface area contributed by atoms with E-state index < -0.39 is 26.8 Å². The number of halogens is 1. The van der Waals surface area contributed by atoms with Crippen molar-refractivity contribution in [1.29, 1.82) is 0 Å². The maximum atomic E-state index is 13.8. The summed E-state index contributed by atoms with van der Waals surface area (Å²) in [5.74, 6) is -1.22. The van der Waals surface area contributed by atoms with Crippen LogP contribution in [0, 0.1) is 4.91 Å². The van der Waals surface area contributed by atoms with E-state index in [1.807, 2.05) is 79.7 Å². The number of hydrogen-bond donors (Lipinski definition) is 2. The Morgan fingerprint density at radius 2 is 1.56 bits per heavy atom. The van der Waals surface area contributed by atoms with Gasteiger partial charge in [0.1, 0.15) is 5.69 Å². The molecule has 1 atom stereocenters. The largest absolute Gasteiger partial charge is 0.465 e. The quantitative estimate of drug-likeness (QED) is 0.0506. The van der Waals surface area contributed by atoms with Gasteiger partial charge in [-0.1, -0.05) is 66.2 Å². The van der Waals surface area contributed by atoms with E-state index >= 15 is 0 Å². The van der Waals surface area contributed by atoms with Gasteiger partial charge in [0.05, 0.1) is 22.5 Å². The maximum absolute atomic E-state index is 13.8. The summed E-state index contributed by atoms with van der Waals surface area (Å²) in [5, 5.41) is 4.01. The highest BCUT2D eigenvalue weighted by Gasteiger charge is 2.34. The minimum absolute atomic E-state index is 0.0329. The number of ether oxygens (including phenoxy) is 1. The van der Waals surface area contributed by atoms with Crippen LogP contribution in [-0.4, -0.2) is 108 Å². The summed E-state index contributed by atoms with van der Waals surface area (Å²) >= 11 is 7.72. The van der Waals surface area contributed by atoms with Gasteiger partial charge in [-0.25, -0.2) is 22.8 Å². The Labute approximate surface area is 366 Å². The first-order valence-electron chi connectivity index (χ1n) is 19.7. The molecular formula is C45H50ClN6O7S2+. The summed E-state index contributed by atoms with van der Waals surface area (Å²) in [5.41, 5.74) is 4.06. The molecule has 1 fully saturated rings. The summed E-state index contributed by atoms with van der Waals surface area (Å²) in [7, 11) is 1.53. The number of carbonyl (C=O) groups excluding carboxylic acids is 2. The second-order valence-corrected chi connectivity index (χ2v) is 18.0. The van der Waals surface area contributed by atoms with Crippen molar-refractivity contribution in [2.24, 2.45) is 0 Å². The van der Waals surface area contributed by atoms with Crippen LogP contribution in [0.15, 0.2) is 125 Å². The maximum Gasteiger partial charge on any atom is 0.341 e. The lowest BCUT2D eigenvalue weighted by atomic mass is 9.99. The van der Waals surface area contributed by atoms with Gasteiger partial charge in [-0.05, 0) is 98.3 Å². The van der Waals surface area contributed by atoms with Crippen molar-refractivity contribution in [2.45, 2.75) is 28.8 Å². The Kier molecular flexibility index (Phi) is 15.4. The van der Waals surface area contributed by atoms with Crippen LogP contribution in [0.4, 0.5) is 17.1 Å². The van der Waals surface area contributed by atoms with Gasteiger partial charge < -0.3 is 19.9 Å². The lowest BCUT2D eigenvalue weighted by Gasteiger charge is -2.36. The summed E-state index contributed by atoms with van der Waals surface area (Å²) in [6.07, 6.45) is 0.616. The lowest BCUT2D eigenvalue weighted by molar-refractivity contribution is -0.736. The van der Waals surface area contributed by atoms with Gasteiger partial charge in [0.2, 0.25) is 0 Å². The topological polar surface area (TPSA) is 141 Å². The third kappa shape index (κ3) is 11.9. The fraction of sp³-hybridized carbons (Fsp3) is 0.289. The van der Waals surface area contributed by atoms with E-state index in [1.54, 1.807) is 36.0 Å². The normalized spacial score (nSPS) is 13.7. The molecule has 1 saturated heterocycles. The molecule has 6 rings (SSSR count). The highest BCUT2D eigenvalue weighted by atomic mass is 35.5. The number of methoxy groups -OCH3 is 1. The van der Waals surface area contributed by atoms with E-state index in [0.29, 0.717) is 23.7 Å². The second-order valence-electron chi connectivity index (χ2n) is 14.8. The third-order valence-electron chi connectivity index (χ3n) is 10.3. The Hall–Kier alpha value is -5.45. The highest BCUT2D eigenvalue weighted by Crippen LogP contribution is 2.35. The molecule has 0 spiro atoms. The molecular weight excluding hydrogens is 836 g/mol. The van der Waals surface area contributed by atoms with Crippen molar-refractivity contribution in [1.82, 2.24) is 14.5 Å². The number of carbonyl (C=O) groups is 2. The Balaban J connectivity index is 1.15. The Morgan fingerprint density at radius 3 is 2.21 bits per heavy atom. The van der Waals surface area contributed by atoms with Crippen LogP contribution in [0.3, 0.4) is 0 Å². The number of esters is 1. The average Bonchev–Trinajstić information content (AvgIpc) is 3.27. The number of piperazine rings is 1. The van der Waals surface area contributed by atoms with Crippen molar-refractivity contribution < 1.29 is 32.5 Å². The Bertz CT molecular complexity index is 2380. The van der Waals surface area contributed by atoms with E-state index in [9.17, 15) is 22.9 Å². The van der Waals surface area contributed by atoms with Crippen LogP contribution in [-0.2, 0) is 26.1 Å². The monoisotopic (exact) mass is 885 g/mol. The molecule has 5 aromatic carbocycles. The van der Waals surface area contributed by atoms with Gasteiger partial charge in [0.15, 0.2) is 7.11 Å². The zero-order valence-corrected chi connectivity index (χ0v) is 36.9. The molecule has 1 aliphatic rings. The van der Waals surface area contributed by atoms with Gasteiger partial charge in [-0.15, -0.1) is 11.8 Å². The number of sulfonamides is 1. The number of thioether (sulfide) groups is 1. The lowest BCUT2D eigenvalue weighted by Crippen LogP contribution is -2.46. The summed E-state index contributed by atoms with van der Waals surface area (Å²) in [6.45, 7) is 4.66. The summed E-state index contributed by atoms with van der Waals surface area (Å²) in [6, 6.07) is 34.6. The molecule has 0 aliphatic carbocycles. The smallest absolute Gasteiger partial charge is 0.341 e. The predicted molar refractivity (Wildman–Crippen MR) is 241 cm³/mol. The van der Waals surface area contributed by atoms with Gasteiger partial charge in [-0.3, -0.25) is 9.69 Å². The number of hydrogen-bond acceptors (Lipinski definition) is 12. The molecule has 1 amide bonds. The van der Waals surface area contributed by atoms with E-state index in [0.717, 1.165) is 75.2 Å². The minimum Gasteiger partial charge on any atom is -0.465 e. The minimum atomic E-state index is -4.62. The molecule has 2 N–H and O–H groups in total. The average molecular weight is 887 g/mol. The van der Waals surface area contributed by atoms with Crippen molar-refractivity contribution in [3.05, 3.63) is 142 Å². The zero-order valence-electron chi connectivity index (χ0n) is 34.5. The number of amides is 1. The third-order valence-corrected chi connectivity index (χ3v) is 13.0. The van der Waals surface area contributed by atoms with Crippen LogP contribution in [0.1, 0.15) is 32.7 Å². The summed E-state index contributed by atoms with van der Waals surface area (Å²) < 4.78 is 34.8.